The zero-order chi connectivity index (χ0) is 15.3. The number of hydrogen-bond acceptors (Lipinski definition) is 5. The van der Waals surface area contributed by atoms with Crippen molar-refractivity contribution in [2.75, 3.05) is 26.8 Å². The molecule has 0 amide bonds. The standard InChI is InChI=1S/C13H23NO4S2/c1-10(2)8-14(5-6-18-4)20(16,17)13-7-12(9-15)19-11(13)3/h7,10,15H,5-6,8-9H2,1-4H3. The van der Waals surface area contributed by atoms with Crippen molar-refractivity contribution >= 4 is 21.4 Å². The first-order valence-electron chi connectivity index (χ1n) is 6.52. The van der Waals surface area contributed by atoms with Gasteiger partial charge in [0.25, 0.3) is 0 Å². The first-order valence-corrected chi connectivity index (χ1v) is 8.77. The van der Waals surface area contributed by atoms with Crippen molar-refractivity contribution in [2.45, 2.75) is 32.3 Å². The lowest BCUT2D eigenvalue weighted by molar-refractivity contribution is 0.175. The Balaban J connectivity index is 3.10. The maximum atomic E-state index is 12.7. The normalized spacial score (nSPS) is 12.6. The minimum Gasteiger partial charge on any atom is -0.391 e. The zero-order valence-corrected chi connectivity index (χ0v) is 14.1. The number of nitrogens with zero attached hydrogens (tertiary/aromatic N) is 1. The van der Waals surface area contributed by atoms with Crippen LogP contribution < -0.4 is 0 Å². The molecular weight excluding hydrogens is 298 g/mol. The Kier molecular flexibility index (Phi) is 6.60. The summed E-state index contributed by atoms with van der Waals surface area (Å²) in [7, 11) is -1.98. The molecule has 0 aliphatic heterocycles. The van der Waals surface area contributed by atoms with E-state index in [4.69, 9.17) is 9.84 Å². The van der Waals surface area contributed by atoms with Crippen LogP contribution in [0.5, 0.6) is 0 Å². The molecule has 20 heavy (non-hydrogen) atoms. The second kappa shape index (κ2) is 7.51. The predicted molar refractivity (Wildman–Crippen MR) is 80.5 cm³/mol. The number of sulfonamides is 1. The fourth-order valence-corrected chi connectivity index (χ4v) is 4.96. The van der Waals surface area contributed by atoms with Crippen LogP contribution in [0, 0.1) is 12.8 Å². The molecule has 1 rings (SSSR count). The molecule has 1 N–H and O–H groups in total. The number of ether oxygens (including phenoxy) is 1. The predicted octanol–water partition coefficient (Wildman–Crippen LogP) is 1.84. The van der Waals surface area contributed by atoms with Crippen LogP contribution in [0.3, 0.4) is 0 Å². The fraction of sp³-hybridized carbons (Fsp3) is 0.692. The van der Waals surface area contributed by atoms with Crippen LogP contribution in [0.25, 0.3) is 0 Å². The van der Waals surface area contributed by atoms with Gasteiger partial charge in [-0.05, 0) is 18.9 Å². The van der Waals surface area contributed by atoms with E-state index in [9.17, 15) is 8.42 Å². The summed E-state index contributed by atoms with van der Waals surface area (Å²) in [4.78, 5) is 1.67. The SMILES string of the molecule is COCCN(CC(C)C)S(=O)(=O)c1cc(CO)sc1C. The first kappa shape index (κ1) is 17.6. The summed E-state index contributed by atoms with van der Waals surface area (Å²) in [5.74, 6) is 0.234. The Hall–Kier alpha value is -0.470. The van der Waals surface area contributed by atoms with Gasteiger partial charge in [0.05, 0.1) is 18.1 Å². The number of aliphatic hydroxyl groups excluding tert-OH is 1. The average molecular weight is 321 g/mol. The molecule has 0 saturated carbocycles. The molecule has 0 saturated heterocycles. The average Bonchev–Trinajstić information content (AvgIpc) is 2.76. The summed E-state index contributed by atoms with van der Waals surface area (Å²) in [6, 6.07) is 1.56. The molecule has 0 spiro atoms. The molecule has 0 radical (unpaired) electrons. The highest BCUT2D eigenvalue weighted by Crippen LogP contribution is 2.28. The van der Waals surface area contributed by atoms with E-state index in [1.807, 2.05) is 13.8 Å². The second-order valence-electron chi connectivity index (χ2n) is 5.04. The van der Waals surface area contributed by atoms with Gasteiger partial charge in [-0.3, -0.25) is 0 Å². The Morgan fingerprint density at radius 3 is 2.55 bits per heavy atom. The maximum Gasteiger partial charge on any atom is 0.244 e. The van der Waals surface area contributed by atoms with E-state index in [2.05, 4.69) is 0 Å². The quantitative estimate of drug-likeness (QED) is 0.793. The lowest BCUT2D eigenvalue weighted by Gasteiger charge is -2.23. The zero-order valence-electron chi connectivity index (χ0n) is 12.4. The van der Waals surface area contributed by atoms with Crippen LogP contribution in [0.2, 0.25) is 0 Å². The van der Waals surface area contributed by atoms with Gasteiger partial charge >= 0.3 is 0 Å². The third-order valence-electron chi connectivity index (χ3n) is 2.81. The third kappa shape index (κ3) is 4.26. The van der Waals surface area contributed by atoms with Crippen LogP contribution in [-0.2, 0) is 21.4 Å². The smallest absolute Gasteiger partial charge is 0.244 e. The van der Waals surface area contributed by atoms with Crippen molar-refractivity contribution in [3.8, 4) is 0 Å². The lowest BCUT2D eigenvalue weighted by atomic mass is 10.2. The van der Waals surface area contributed by atoms with E-state index in [1.54, 1.807) is 20.1 Å². The topological polar surface area (TPSA) is 66.8 Å². The van der Waals surface area contributed by atoms with Crippen molar-refractivity contribution in [1.29, 1.82) is 0 Å². The Morgan fingerprint density at radius 1 is 1.45 bits per heavy atom. The molecule has 0 aliphatic carbocycles. The molecule has 1 aromatic heterocycles. The highest BCUT2D eigenvalue weighted by molar-refractivity contribution is 7.89. The van der Waals surface area contributed by atoms with Crippen LogP contribution in [0.15, 0.2) is 11.0 Å². The minimum atomic E-state index is -3.54. The van der Waals surface area contributed by atoms with Gasteiger partial charge in [0.2, 0.25) is 10.0 Å². The van der Waals surface area contributed by atoms with Crippen molar-refractivity contribution < 1.29 is 18.3 Å². The number of hydrogen-bond donors (Lipinski definition) is 1. The Morgan fingerprint density at radius 2 is 2.10 bits per heavy atom. The number of methoxy groups -OCH3 is 1. The van der Waals surface area contributed by atoms with E-state index < -0.39 is 10.0 Å². The summed E-state index contributed by atoms with van der Waals surface area (Å²) >= 11 is 1.31. The summed E-state index contributed by atoms with van der Waals surface area (Å²) in [5.41, 5.74) is 0. The largest absolute Gasteiger partial charge is 0.391 e. The van der Waals surface area contributed by atoms with Crippen LogP contribution >= 0.6 is 11.3 Å². The van der Waals surface area contributed by atoms with Gasteiger partial charge in [-0.1, -0.05) is 13.8 Å². The number of aliphatic hydroxyl groups is 1. The van der Waals surface area contributed by atoms with Gasteiger partial charge in [-0.15, -0.1) is 11.3 Å². The van der Waals surface area contributed by atoms with Crippen molar-refractivity contribution in [2.24, 2.45) is 5.92 Å². The monoisotopic (exact) mass is 321 g/mol. The molecule has 116 valence electrons. The van der Waals surface area contributed by atoms with Crippen LogP contribution in [-0.4, -0.2) is 44.6 Å². The number of rotatable bonds is 8. The summed E-state index contributed by atoms with van der Waals surface area (Å²) in [5, 5.41) is 9.15. The van der Waals surface area contributed by atoms with Gasteiger partial charge in [-0.2, -0.15) is 4.31 Å². The summed E-state index contributed by atoms with van der Waals surface area (Å²) < 4.78 is 31.9. The van der Waals surface area contributed by atoms with Crippen molar-refractivity contribution in [1.82, 2.24) is 4.31 Å². The van der Waals surface area contributed by atoms with Crippen LogP contribution in [0.4, 0.5) is 0 Å². The van der Waals surface area contributed by atoms with Crippen LogP contribution in [0.1, 0.15) is 23.6 Å². The van der Waals surface area contributed by atoms with Gasteiger partial charge < -0.3 is 9.84 Å². The molecule has 5 nitrogen and oxygen atoms in total. The summed E-state index contributed by atoms with van der Waals surface area (Å²) in [6.07, 6.45) is 0. The Bertz CT molecular complexity index is 522. The molecule has 0 fully saturated rings. The van der Waals surface area contributed by atoms with Gasteiger partial charge in [0.1, 0.15) is 0 Å². The number of aryl methyl sites for hydroxylation is 1. The molecular formula is C13H23NO4S2. The minimum absolute atomic E-state index is 0.136. The summed E-state index contributed by atoms with van der Waals surface area (Å²) in [6.45, 7) is 6.74. The van der Waals surface area contributed by atoms with E-state index in [-0.39, 0.29) is 12.5 Å². The van der Waals surface area contributed by atoms with E-state index in [0.717, 1.165) is 0 Å². The van der Waals surface area contributed by atoms with Gasteiger partial charge in [0.15, 0.2) is 0 Å². The second-order valence-corrected chi connectivity index (χ2v) is 8.29. The van der Waals surface area contributed by atoms with Crippen molar-refractivity contribution in [3.63, 3.8) is 0 Å². The van der Waals surface area contributed by atoms with E-state index in [1.165, 1.54) is 15.6 Å². The highest BCUT2D eigenvalue weighted by atomic mass is 32.2. The molecule has 0 unspecified atom stereocenters. The van der Waals surface area contributed by atoms with Crippen molar-refractivity contribution in [3.05, 3.63) is 15.8 Å². The molecule has 7 heteroatoms. The first-order chi connectivity index (χ1) is 9.32. The molecule has 0 aromatic carbocycles. The lowest BCUT2D eigenvalue weighted by Crippen LogP contribution is -2.36. The van der Waals surface area contributed by atoms with E-state index >= 15 is 0 Å². The molecule has 0 aliphatic rings. The Labute approximate surface area is 125 Å². The fourth-order valence-electron chi connectivity index (χ4n) is 1.91. The third-order valence-corrected chi connectivity index (χ3v) is 5.97. The maximum absolute atomic E-state index is 12.7. The highest BCUT2D eigenvalue weighted by Gasteiger charge is 2.28. The van der Waals surface area contributed by atoms with Gasteiger partial charge in [-0.25, -0.2) is 8.42 Å². The molecule has 1 heterocycles. The molecule has 0 bridgehead atoms. The number of thiophene rings is 1. The van der Waals surface area contributed by atoms with Gasteiger partial charge in [0, 0.05) is 30.0 Å². The molecule has 1 aromatic rings. The molecule has 0 atom stereocenters. The van der Waals surface area contributed by atoms with E-state index in [0.29, 0.717) is 34.3 Å².